The molecule has 6 nitrogen and oxygen atoms in total. The van der Waals surface area contributed by atoms with Crippen molar-refractivity contribution in [1.29, 1.82) is 0 Å². The summed E-state index contributed by atoms with van der Waals surface area (Å²) in [4.78, 5) is 2.11. The van der Waals surface area contributed by atoms with Crippen LogP contribution in [-0.2, 0) is 17.7 Å². The molecule has 0 bridgehead atoms. The topological polar surface area (TPSA) is 59.8 Å². The molecule has 0 saturated carbocycles. The van der Waals surface area contributed by atoms with Gasteiger partial charge in [0.2, 0.25) is 5.88 Å². The Morgan fingerprint density at radius 2 is 1.64 bits per heavy atom. The van der Waals surface area contributed by atoms with E-state index in [-0.39, 0.29) is 5.75 Å². The Morgan fingerprint density at radius 3 is 2.31 bits per heavy atom. The molecule has 0 aliphatic heterocycles. The number of hydrogen-bond donors (Lipinski definition) is 1. The van der Waals surface area contributed by atoms with Gasteiger partial charge in [-0.05, 0) is 36.2 Å². The molecule has 36 heavy (non-hydrogen) atoms. The fourth-order valence-electron chi connectivity index (χ4n) is 4.11. The van der Waals surface area contributed by atoms with E-state index in [0.717, 1.165) is 22.5 Å². The lowest BCUT2D eigenvalue weighted by atomic mass is 10.1. The molecule has 1 heterocycles. The number of aromatic nitrogens is 2. The second-order valence-electron chi connectivity index (χ2n) is 8.52. The third kappa shape index (κ3) is 6.18. The Bertz CT molecular complexity index is 1230. The van der Waals surface area contributed by atoms with E-state index in [1.807, 2.05) is 67.6 Å². The van der Waals surface area contributed by atoms with Crippen molar-refractivity contribution in [2.75, 3.05) is 26.8 Å². The van der Waals surface area contributed by atoms with Crippen LogP contribution in [0.3, 0.4) is 0 Å². The number of para-hydroxylation sites is 2. The number of ether oxygens (including phenoxy) is 2. The van der Waals surface area contributed by atoms with Crippen LogP contribution < -0.4 is 4.74 Å². The molecule has 0 amide bonds. The van der Waals surface area contributed by atoms with Crippen LogP contribution in [0.5, 0.6) is 11.6 Å². The van der Waals surface area contributed by atoms with E-state index in [0.29, 0.717) is 38.5 Å². The molecule has 1 unspecified atom stereocenters. The summed E-state index contributed by atoms with van der Waals surface area (Å²) < 4.78 is 27.9. The largest absolute Gasteiger partial charge is 0.435 e. The maximum Gasteiger partial charge on any atom is 0.227 e. The average molecular weight is 490 g/mol. The molecule has 0 radical (unpaired) electrons. The number of halogens is 1. The first-order chi connectivity index (χ1) is 17.6. The van der Waals surface area contributed by atoms with Crippen molar-refractivity contribution in [1.82, 2.24) is 14.7 Å². The summed E-state index contributed by atoms with van der Waals surface area (Å²) >= 11 is 0. The summed E-state index contributed by atoms with van der Waals surface area (Å²) in [5, 5.41) is 15.8. The highest BCUT2D eigenvalue weighted by Gasteiger charge is 2.24. The highest BCUT2D eigenvalue weighted by molar-refractivity contribution is 5.44. The highest BCUT2D eigenvalue weighted by Crippen LogP contribution is 2.33. The lowest BCUT2D eigenvalue weighted by Gasteiger charge is -2.25. The number of aliphatic hydroxyl groups is 1. The molecule has 0 aliphatic carbocycles. The van der Waals surface area contributed by atoms with Crippen molar-refractivity contribution >= 4 is 0 Å². The Kier molecular flexibility index (Phi) is 8.84. The lowest BCUT2D eigenvalue weighted by molar-refractivity contribution is 0.0844. The number of benzene rings is 3. The summed E-state index contributed by atoms with van der Waals surface area (Å²) in [6.45, 7) is 3.98. The van der Waals surface area contributed by atoms with Gasteiger partial charge in [0.25, 0.3) is 0 Å². The second kappa shape index (κ2) is 12.4. The Balaban J connectivity index is 1.73. The predicted molar refractivity (Wildman–Crippen MR) is 138 cm³/mol. The molecule has 1 atom stereocenters. The van der Waals surface area contributed by atoms with E-state index in [1.165, 1.54) is 6.07 Å². The van der Waals surface area contributed by atoms with Gasteiger partial charge < -0.3 is 14.6 Å². The van der Waals surface area contributed by atoms with Crippen LogP contribution in [0, 0.1) is 5.82 Å². The molecule has 4 aromatic rings. The number of rotatable bonds is 12. The lowest BCUT2D eigenvalue weighted by Crippen LogP contribution is -2.31. The maximum atomic E-state index is 14.6. The molecule has 0 saturated heterocycles. The van der Waals surface area contributed by atoms with Crippen molar-refractivity contribution in [3.8, 4) is 17.3 Å². The SMILES string of the molecule is CCc1nn(-c2ccccc2)c(Oc2ccccc2F)c1CN(CCOC)CC(O)c1ccccc1. The zero-order chi connectivity index (χ0) is 25.3. The van der Waals surface area contributed by atoms with Gasteiger partial charge in [0.15, 0.2) is 11.6 Å². The Morgan fingerprint density at radius 1 is 0.972 bits per heavy atom. The second-order valence-corrected chi connectivity index (χ2v) is 8.52. The predicted octanol–water partition coefficient (Wildman–Crippen LogP) is 5.55. The van der Waals surface area contributed by atoms with E-state index in [2.05, 4.69) is 4.90 Å². The molecule has 0 fully saturated rings. The first-order valence-electron chi connectivity index (χ1n) is 12.1. The molecule has 0 spiro atoms. The quantitative estimate of drug-likeness (QED) is 0.283. The zero-order valence-corrected chi connectivity index (χ0v) is 20.7. The van der Waals surface area contributed by atoms with E-state index in [9.17, 15) is 9.50 Å². The van der Waals surface area contributed by atoms with Crippen LogP contribution in [0.4, 0.5) is 4.39 Å². The molecule has 4 rings (SSSR count). The Hall–Kier alpha value is -3.52. The van der Waals surface area contributed by atoms with Crippen molar-refractivity contribution in [3.63, 3.8) is 0 Å². The standard InChI is InChI=1S/C29H32FN3O3/c1-3-26-24(20-32(18-19-35-2)21-27(34)22-12-6-4-7-13-22)29(36-28-17-11-10-16-25(28)30)33(31-26)23-14-8-5-9-15-23/h4-17,27,34H,3,18-21H2,1-2H3. The Labute approximate surface area is 211 Å². The van der Waals surface area contributed by atoms with E-state index >= 15 is 0 Å². The fourth-order valence-corrected chi connectivity index (χ4v) is 4.11. The van der Waals surface area contributed by atoms with Crippen molar-refractivity contribution < 1.29 is 19.0 Å². The van der Waals surface area contributed by atoms with Crippen LogP contribution in [0.15, 0.2) is 84.9 Å². The smallest absolute Gasteiger partial charge is 0.227 e. The molecule has 188 valence electrons. The van der Waals surface area contributed by atoms with Crippen LogP contribution in [0.25, 0.3) is 5.69 Å². The third-order valence-electron chi connectivity index (χ3n) is 6.01. The maximum absolute atomic E-state index is 14.6. The monoisotopic (exact) mass is 489 g/mol. The van der Waals surface area contributed by atoms with Crippen LogP contribution in [0.2, 0.25) is 0 Å². The normalized spacial score (nSPS) is 12.1. The van der Waals surface area contributed by atoms with Gasteiger partial charge in [-0.1, -0.05) is 67.6 Å². The minimum Gasteiger partial charge on any atom is -0.435 e. The molecular weight excluding hydrogens is 457 g/mol. The van der Waals surface area contributed by atoms with E-state index < -0.39 is 11.9 Å². The van der Waals surface area contributed by atoms with Gasteiger partial charge in [0, 0.05) is 26.7 Å². The average Bonchev–Trinajstić information content (AvgIpc) is 3.26. The summed E-state index contributed by atoms with van der Waals surface area (Å²) in [7, 11) is 1.66. The molecular formula is C29H32FN3O3. The number of methoxy groups -OCH3 is 1. The van der Waals surface area contributed by atoms with Gasteiger partial charge in [-0.3, -0.25) is 4.90 Å². The highest BCUT2D eigenvalue weighted by atomic mass is 19.1. The van der Waals surface area contributed by atoms with Gasteiger partial charge in [-0.2, -0.15) is 5.10 Å². The number of nitrogens with zero attached hydrogens (tertiary/aromatic N) is 3. The van der Waals surface area contributed by atoms with Gasteiger partial charge in [-0.25, -0.2) is 9.07 Å². The fraction of sp³-hybridized carbons (Fsp3) is 0.276. The molecule has 1 aromatic heterocycles. The van der Waals surface area contributed by atoms with E-state index in [1.54, 1.807) is 30.0 Å². The summed E-state index contributed by atoms with van der Waals surface area (Å²) in [6.07, 6.45) is -0.00412. The molecule has 3 aromatic carbocycles. The summed E-state index contributed by atoms with van der Waals surface area (Å²) in [5.74, 6) is 0.143. The molecule has 1 N–H and O–H groups in total. The van der Waals surface area contributed by atoms with Gasteiger partial charge in [0.1, 0.15) is 0 Å². The van der Waals surface area contributed by atoms with Crippen LogP contribution in [0.1, 0.15) is 29.8 Å². The number of hydrogen-bond acceptors (Lipinski definition) is 5. The molecule has 0 aliphatic rings. The third-order valence-corrected chi connectivity index (χ3v) is 6.01. The summed E-state index contributed by atoms with van der Waals surface area (Å²) in [6, 6.07) is 25.6. The van der Waals surface area contributed by atoms with Crippen molar-refractivity contribution in [2.24, 2.45) is 0 Å². The molecule has 7 heteroatoms. The van der Waals surface area contributed by atoms with Crippen molar-refractivity contribution in [2.45, 2.75) is 26.0 Å². The van der Waals surface area contributed by atoms with E-state index in [4.69, 9.17) is 14.6 Å². The van der Waals surface area contributed by atoms with Gasteiger partial charge in [0.05, 0.1) is 29.7 Å². The van der Waals surface area contributed by atoms with Crippen LogP contribution >= 0.6 is 0 Å². The van der Waals surface area contributed by atoms with Gasteiger partial charge >= 0.3 is 0 Å². The van der Waals surface area contributed by atoms with Crippen LogP contribution in [-0.4, -0.2) is 46.6 Å². The minimum atomic E-state index is -0.673. The number of aliphatic hydroxyl groups excluding tert-OH is 1. The number of aryl methyl sites for hydroxylation is 1. The van der Waals surface area contributed by atoms with Crippen molar-refractivity contribution in [3.05, 3.63) is 108 Å². The summed E-state index contributed by atoms with van der Waals surface area (Å²) in [5.41, 5.74) is 3.36. The first-order valence-corrected chi connectivity index (χ1v) is 12.1. The minimum absolute atomic E-state index is 0.131. The first kappa shape index (κ1) is 25.6. The zero-order valence-electron chi connectivity index (χ0n) is 20.7. The van der Waals surface area contributed by atoms with Gasteiger partial charge in [-0.15, -0.1) is 0 Å².